The molecule has 2 aromatic rings. The Labute approximate surface area is 127 Å². The van der Waals surface area contributed by atoms with Gasteiger partial charge in [0, 0.05) is 16.7 Å². The van der Waals surface area contributed by atoms with E-state index in [9.17, 15) is 0 Å². The van der Waals surface area contributed by atoms with Crippen LogP contribution >= 0.6 is 15.9 Å². The van der Waals surface area contributed by atoms with Crippen LogP contribution in [0.1, 0.15) is 17.3 Å². The summed E-state index contributed by atoms with van der Waals surface area (Å²) in [4.78, 5) is 4.45. The monoisotopic (exact) mass is 336 g/mol. The zero-order valence-electron chi connectivity index (χ0n) is 11.7. The van der Waals surface area contributed by atoms with Gasteiger partial charge in [-0.15, -0.1) is 0 Å². The Balaban J connectivity index is 2.49. The summed E-state index contributed by atoms with van der Waals surface area (Å²) < 4.78 is 11.6. The van der Waals surface area contributed by atoms with Crippen molar-refractivity contribution < 1.29 is 9.47 Å². The lowest BCUT2D eigenvalue weighted by Gasteiger charge is -2.19. The smallest absolute Gasteiger partial charge is 0.122 e. The average molecular weight is 337 g/mol. The van der Waals surface area contributed by atoms with E-state index in [4.69, 9.17) is 9.47 Å². The van der Waals surface area contributed by atoms with Crippen molar-refractivity contribution >= 4 is 15.9 Å². The molecule has 1 heterocycles. The van der Waals surface area contributed by atoms with Crippen molar-refractivity contribution in [3.05, 3.63) is 52.3 Å². The fourth-order valence-electron chi connectivity index (χ4n) is 2.07. The molecular weight excluding hydrogens is 320 g/mol. The molecule has 0 fully saturated rings. The van der Waals surface area contributed by atoms with Gasteiger partial charge in [-0.1, -0.05) is 0 Å². The standard InChI is InChI=1S/C15H17BrN2O2/c1-17-14(15-13(16)5-4-6-18-15)10-7-11(19-2)9-12(8-10)20-3/h4-9,14,17H,1-3H3. The van der Waals surface area contributed by atoms with Crippen LogP contribution in [0.3, 0.4) is 0 Å². The minimum atomic E-state index is -0.0467. The van der Waals surface area contributed by atoms with Crippen LogP contribution in [-0.4, -0.2) is 26.3 Å². The number of methoxy groups -OCH3 is 2. The molecule has 20 heavy (non-hydrogen) atoms. The van der Waals surface area contributed by atoms with Crippen LogP contribution in [0.15, 0.2) is 41.0 Å². The van der Waals surface area contributed by atoms with Crippen LogP contribution in [0.4, 0.5) is 0 Å². The highest BCUT2D eigenvalue weighted by molar-refractivity contribution is 9.10. The van der Waals surface area contributed by atoms with Crippen LogP contribution in [0, 0.1) is 0 Å². The fraction of sp³-hybridized carbons (Fsp3) is 0.267. The summed E-state index contributed by atoms with van der Waals surface area (Å²) in [6, 6.07) is 9.63. The molecule has 0 spiro atoms. The van der Waals surface area contributed by atoms with Crippen LogP contribution in [0.2, 0.25) is 0 Å². The molecule has 1 aromatic carbocycles. The summed E-state index contributed by atoms with van der Waals surface area (Å²) in [5, 5.41) is 3.27. The van der Waals surface area contributed by atoms with Crippen LogP contribution in [0.25, 0.3) is 0 Å². The Morgan fingerprint density at radius 1 is 1.15 bits per heavy atom. The van der Waals surface area contributed by atoms with Crippen LogP contribution in [-0.2, 0) is 0 Å². The SMILES string of the molecule is CNC(c1cc(OC)cc(OC)c1)c1ncccc1Br. The van der Waals surface area contributed by atoms with Crippen molar-refractivity contribution in [3.63, 3.8) is 0 Å². The maximum atomic E-state index is 5.32. The number of nitrogens with one attached hydrogen (secondary N) is 1. The second kappa shape index (κ2) is 6.72. The molecule has 0 saturated carbocycles. The average Bonchev–Trinajstić information content (AvgIpc) is 2.49. The second-order valence-corrected chi connectivity index (χ2v) is 5.09. The van der Waals surface area contributed by atoms with Gasteiger partial charge in [0.05, 0.1) is 26.0 Å². The molecule has 0 saturated heterocycles. The van der Waals surface area contributed by atoms with Crippen molar-refractivity contribution in [2.45, 2.75) is 6.04 Å². The van der Waals surface area contributed by atoms with E-state index >= 15 is 0 Å². The van der Waals surface area contributed by atoms with Gasteiger partial charge in [0.2, 0.25) is 0 Å². The van der Waals surface area contributed by atoms with Crippen molar-refractivity contribution in [2.75, 3.05) is 21.3 Å². The molecule has 0 aliphatic heterocycles. The molecule has 0 radical (unpaired) electrons. The molecule has 0 aliphatic carbocycles. The van der Waals surface area contributed by atoms with Crippen molar-refractivity contribution in [1.29, 1.82) is 0 Å². The normalized spacial score (nSPS) is 12.0. The van der Waals surface area contributed by atoms with Crippen LogP contribution < -0.4 is 14.8 Å². The molecule has 1 atom stereocenters. The van der Waals surface area contributed by atoms with E-state index in [0.717, 1.165) is 27.2 Å². The Kier molecular flexibility index (Phi) is 4.98. The van der Waals surface area contributed by atoms with Gasteiger partial charge in [-0.05, 0) is 52.8 Å². The van der Waals surface area contributed by atoms with E-state index in [0.29, 0.717) is 0 Å². The molecule has 106 valence electrons. The molecule has 1 unspecified atom stereocenters. The lowest BCUT2D eigenvalue weighted by molar-refractivity contribution is 0.392. The lowest BCUT2D eigenvalue weighted by atomic mass is 10.0. The molecular formula is C15H17BrN2O2. The summed E-state index contributed by atoms with van der Waals surface area (Å²) in [6.45, 7) is 0. The molecule has 0 aliphatic rings. The molecule has 0 amide bonds. The molecule has 1 aromatic heterocycles. The Morgan fingerprint density at radius 3 is 2.30 bits per heavy atom. The Bertz CT molecular complexity index is 568. The molecule has 4 nitrogen and oxygen atoms in total. The predicted molar refractivity (Wildman–Crippen MR) is 82.4 cm³/mol. The number of ether oxygens (including phenoxy) is 2. The summed E-state index contributed by atoms with van der Waals surface area (Å²) >= 11 is 3.54. The topological polar surface area (TPSA) is 43.4 Å². The zero-order valence-corrected chi connectivity index (χ0v) is 13.3. The quantitative estimate of drug-likeness (QED) is 0.910. The van der Waals surface area contributed by atoms with Gasteiger partial charge < -0.3 is 14.8 Å². The second-order valence-electron chi connectivity index (χ2n) is 4.24. The van der Waals surface area contributed by atoms with Gasteiger partial charge in [-0.2, -0.15) is 0 Å². The number of aromatic nitrogens is 1. The number of rotatable bonds is 5. The summed E-state index contributed by atoms with van der Waals surface area (Å²) in [5.41, 5.74) is 1.95. The van der Waals surface area contributed by atoms with Gasteiger partial charge in [-0.25, -0.2) is 0 Å². The van der Waals surface area contributed by atoms with E-state index in [2.05, 4.69) is 26.2 Å². The first-order chi connectivity index (χ1) is 9.69. The zero-order chi connectivity index (χ0) is 14.5. The number of hydrogen-bond acceptors (Lipinski definition) is 4. The fourth-order valence-corrected chi connectivity index (χ4v) is 2.55. The highest BCUT2D eigenvalue weighted by Crippen LogP contribution is 2.31. The minimum absolute atomic E-state index is 0.0467. The van der Waals surface area contributed by atoms with Crippen molar-refractivity contribution in [3.8, 4) is 11.5 Å². The van der Waals surface area contributed by atoms with Gasteiger partial charge in [0.15, 0.2) is 0 Å². The van der Waals surface area contributed by atoms with E-state index in [1.165, 1.54) is 0 Å². The molecule has 0 bridgehead atoms. The minimum Gasteiger partial charge on any atom is -0.497 e. The molecule has 5 heteroatoms. The highest BCUT2D eigenvalue weighted by Gasteiger charge is 2.18. The first-order valence-electron chi connectivity index (χ1n) is 6.20. The number of pyridine rings is 1. The van der Waals surface area contributed by atoms with Gasteiger partial charge in [0.25, 0.3) is 0 Å². The largest absolute Gasteiger partial charge is 0.497 e. The van der Waals surface area contributed by atoms with E-state index in [1.807, 2.05) is 37.4 Å². The van der Waals surface area contributed by atoms with E-state index in [-0.39, 0.29) is 6.04 Å². The van der Waals surface area contributed by atoms with Crippen molar-refractivity contribution in [1.82, 2.24) is 10.3 Å². The Hall–Kier alpha value is -1.59. The van der Waals surface area contributed by atoms with Crippen molar-refractivity contribution in [2.24, 2.45) is 0 Å². The van der Waals surface area contributed by atoms with Crippen LogP contribution in [0.5, 0.6) is 11.5 Å². The predicted octanol–water partition coefficient (Wildman–Crippen LogP) is 3.17. The molecule has 1 N–H and O–H groups in total. The maximum absolute atomic E-state index is 5.32. The summed E-state index contributed by atoms with van der Waals surface area (Å²) in [6.07, 6.45) is 1.78. The third-order valence-corrected chi connectivity index (χ3v) is 3.73. The third-order valence-electron chi connectivity index (χ3n) is 3.06. The Morgan fingerprint density at radius 2 is 1.80 bits per heavy atom. The summed E-state index contributed by atoms with van der Waals surface area (Å²) in [7, 11) is 5.19. The summed E-state index contributed by atoms with van der Waals surface area (Å²) in [5.74, 6) is 1.51. The third kappa shape index (κ3) is 3.11. The maximum Gasteiger partial charge on any atom is 0.122 e. The number of benzene rings is 1. The first-order valence-corrected chi connectivity index (χ1v) is 6.99. The van der Waals surface area contributed by atoms with Gasteiger partial charge >= 0.3 is 0 Å². The lowest BCUT2D eigenvalue weighted by Crippen LogP contribution is -2.19. The first kappa shape index (κ1) is 14.8. The highest BCUT2D eigenvalue weighted by atomic mass is 79.9. The molecule has 2 rings (SSSR count). The van der Waals surface area contributed by atoms with E-state index < -0.39 is 0 Å². The van der Waals surface area contributed by atoms with Gasteiger partial charge in [-0.3, -0.25) is 4.98 Å². The number of nitrogens with zero attached hydrogens (tertiary/aromatic N) is 1. The van der Waals surface area contributed by atoms with E-state index in [1.54, 1.807) is 20.4 Å². The number of hydrogen-bond donors (Lipinski definition) is 1. The van der Waals surface area contributed by atoms with Gasteiger partial charge in [0.1, 0.15) is 11.5 Å². The number of halogens is 1.